The molecule has 88 valence electrons. The molecule has 0 saturated heterocycles. The molecule has 0 aliphatic heterocycles. The second-order valence-electron chi connectivity index (χ2n) is 4.70. The highest BCUT2D eigenvalue weighted by Crippen LogP contribution is 2.53. The van der Waals surface area contributed by atoms with Crippen LogP contribution in [0.1, 0.15) is 29.7 Å². The SMILES string of the molecule is CNC(c1ccco1)C1CC1c1ccccc1. The fourth-order valence-electron chi connectivity index (χ4n) is 2.70. The summed E-state index contributed by atoms with van der Waals surface area (Å²) in [6.45, 7) is 0. The van der Waals surface area contributed by atoms with Gasteiger partial charge in [-0.2, -0.15) is 0 Å². The summed E-state index contributed by atoms with van der Waals surface area (Å²) in [4.78, 5) is 0. The van der Waals surface area contributed by atoms with E-state index in [0.717, 1.165) is 5.76 Å². The molecule has 3 unspecified atom stereocenters. The van der Waals surface area contributed by atoms with Crippen molar-refractivity contribution in [2.45, 2.75) is 18.4 Å². The molecule has 2 heteroatoms. The van der Waals surface area contributed by atoms with Gasteiger partial charge in [0.15, 0.2) is 0 Å². The predicted octanol–water partition coefficient (Wildman–Crippen LogP) is 3.34. The number of nitrogens with one attached hydrogen (secondary N) is 1. The fourth-order valence-corrected chi connectivity index (χ4v) is 2.70. The Morgan fingerprint density at radius 2 is 2.00 bits per heavy atom. The van der Waals surface area contributed by atoms with Gasteiger partial charge in [-0.3, -0.25) is 0 Å². The lowest BCUT2D eigenvalue weighted by atomic mass is 10.0. The summed E-state index contributed by atoms with van der Waals surface area (Å²) in [7, 11) is 2.01. The van der Waals surface area contributed by atoms with Gasteiger partial charge in [-0.05, 0) is 43.0 Å². The Hall–Kier alpha value is -1.54. The normalized spacial score (nSPS) is 24.5. The van der Waals surface area contributed by atoms with E-state index in [-0.39, 0.29) is 0 Å². The van der Waals surface area contributed by atoms with Crippen LogP contribution >= 0.6 is 0 Å². The largest absolute Gasteiger partial charge is 0.468 e. The number of rotatable bonds is 4. The van der Waals surface area contributed by atoms with Gasteiger partial charge in [-0.15, -0.1) is 0 Å². The second-order valence-corrected chi connectivity index (χ2v) is 4.70. The van der Waals surface area contributed by atoms with Crippen LogP contribution in [0.4, 0.5) is 0 Å². The molecular formula is C15H17NO. The molecule has 1 saturated carbocycles. The minimum Gasteiger partial charge on any atom is -0.468 e. The molecule has 0 bridgehead atoms. The third-order valence-corrected chi connectivity index (χ3v) is 3.66. The Balaban J connectivity index is 1.75. The molecule has 1 aliphatic carbocycles. The molecule has 0 spiro atoms. The molecule has 0 amide bonds. The van der Waals surface area contributed by atoms with Crippen LogP contribution in [0, 0.1) is 5.92 Å². The van der Waals surface area contributed by atoms with Gasteiger partial charge in [-0.25, -0.2) is 0 Å². The third kappa shape index (κ3) is 2.01. The second kappa shape index (κ2) is 4.38. The van der Waals surface area contributed by atoms with E-state index < -0.39 is 0 Å². The minimum absolute atomic E-state index is 0.343. The van der Waals surface area contributed by atoms with Gasteiger partial charge in [0.1, 0.15) is 5.76 Å². The Labute approximate surface area is 102 Å². The highest BCUT2D eigenvalue weighted by Gasteiger charge is 2.44. The van der Waals surface area contributed by atoms with Crippen LogP contribution in [0.2, 0.25) is 0 Å². The maximum atomic E-state index is 5.51. The summed E-state index contributed by atoms with van der Waals surface area (Å²) in [5.41, 5.74) is 1.45. The van der Waals surface area contributed by atoms with E-state index in [1.807, 2.05) is 13.1 Å². The maximum absolute atomic E-state index is 5.51. The van der Waals surface area contributed by atoms with Gasteiger partial charge in [0, 0.05) is 0 Å². The van der Waals surface area contributed by atoms with Crippen molar-refractivity contribution in [2.24, 2.45) is 5.92 Å². The first-order chi connectivity index (χ1) is 8.40. The Bertz CT molecular complexity index is 463. The Morgan fingerprint density at radius 3 is 2.65 bits per heavy atom. The molecule has 3 atom stereocenters. The summed E-state index contributed by atoms with van der Waals surface area (Å²) in [6, 6.07) is 15.1. The maximum Gasteiger partial charge on any atom is 0.120 e. The van der Waals surface area contributed by atoms with Crippen molar-refractivity contribution >= 4 is 0 Å². The van der Waals surface area contributed by atoms with Gasteiger partial charge in [0.05, 0.1) is 12.3 Å². The summed E-state index contributed by atoms with van der Waals surface area (Å²) in [6.07, 6.45) is 3.00. The molecule has 2 aromatic rings. The zero-order chi connectivity index (χ0) is 11.7. The van der Waals surface area contributed by atoms with Crippen LogP contribution in [-0.4, -0.2) is 7.05 Å². The molecule has 3 rings (SSSR count). The van der Waals surface area contributed by atoms with E-state index >= 15 is 0 Å². The summed E-state index contributed by atoms with van der Waals surface area (Å²) < 4.78 is 5.51. The van der Waals surface area contributed by atoms with Gasteiger partial charge >= 0.3 is 0 Å². The monoisotopic (exact) mass is 227 g/mol. The molecule has 2 nitrogen and oxygen atoms in total. The van der Waals surface area contributed by atoms with Crippen molar-refractivity contribution in [3.63, 3.8) is 0 Å². The molecule has 1 aromatic carbocycles. The van der Waals surface area contributed by atoms with Crippen molar-refractivity contribution in [3.8, 4) is 0 Å². The molecule has 0 radical (unpaired) electrons. The average Bonchev–Trinajstić information content (AvgIpc) is 2.97. The van der Waals surface area contributed by atoms with E-state index in [2.05, 4.69) is 41.7 Å². The van der Waals surface area contributed by atoms with Crippen LogP contribution in [0.5, 0.6) is 0 Å². The lowest BCUT2D eigenvalue weighted by Gasteiger charge is -2.13. The van der Waals surface area contributed by atoms with Gasteiger partial charge in [-0.1, -0.05) is 30.3 Å². The van der Waals surface area contributed by atoms with Gasteiger partial charge in [0.2, 0.25) is 0 Å². The topological polar surface area (TPSA) is 25.2 Å². The fraction of sp³-hybridized carbons (Fsp3) is 0.333. The first-order valence-electron chi connectivity index (χ1n) is 6.16. The smallest absolute Gasteiger partial charge is 0.120 e. The van der Waals surface area contributed by atoms with Crippen molar-refractivity contribution in [1.29, 1.82) is 0 Å². The quantitative estimate of drug-likeness (QED) is 0.866. The molecule has 1 heterocycles. The highest BCUT2D eigenvalue weighted by atomic mass is 16.3. The van der Waals surface area contributed by atoms with Crippen LogP contribution in [0.3, 0.4) is 0 Å². The first-order valence-corrected chi connectivity index (χ1v) is 6.16. The lowest BCUT2D eigenvalue weighted by molar-refractivity contribution is 0.398. The molecule has 1 aliphatic rings. The Morgan fingerprint density at radius 1 is 1.18 bits per heavy atom. The molecule has 17 heavy (non-hydrogen) atoms. The van der Waals surface area contributed by atoms with E-state index in [1.54, 1.807) is 6.26 Å². The molecule has 1 aromatic heterocycles. The molecular weight excluding hydrogens is 210 g/mol. The minimum atomic E-state index is 0.343. The predicted molar refractivity (Wildman–Crippen MR) is 67.8 cm³/mol. The average molecular weight is 227 g/mol. The summed E-state index contributed by atoms with van der Waals surface area (Å²) in [5.74, 6) is 2.39. The third-order valence-electron chi connectivity index (χ3n) is 3.66. The Kier molecular flexibility index (Phi) is 2.73. The summed E-state index contributed by atoms with van der Waals surface area (Å²) in [5, 5.41) is 3.37. The van der Waals surface area contributed by atoms with E-state index in [0.29, 0.717) is 17.9 Å². The number of hydrogen-bond acceptors (Lipinski definition) is 2. The molecule has 1 N–H and O–H groups in total. The standard InChI is InChI=1S/C15H17NO/c1-16-15(14-8-5-9-17-14)13-10-12(13)11-6-3-2-4-7-11/h2-9,12-13,15-16H,10H2,1H3. The lowest BCUT2D eigenvalue weighted by Crippen LogP contribution is -2.18. The number of benzene rings is 1. The first kappa shape index (κ1) is 10.6. The van der Waals surface area contributed by atoms with Crippen LogP contribution in [0.25, 0.3) is 0 Å². The zero-order valence-corrected chi connectivity index (χ0v) is 9.97. The van der Waals surface area contributed by atoms with E-state index in [1.165, 1.54) is 12.0 Å². The van der Waals surface area contributed by atoms with Crippen LogP contribution in [-0.2, 0) is 0 Å². The van der Waals surface area contributed by atoms with Crippen molar-refractivity contribution in [3.05, 3.63) is 60.1 Å². The number of hydrogen-bond donors (Lipinski definition) is 1. The zero-order valence-electron chi connectivity index (χ0n) is 9.97. The molecule has 1 fully saturated rings. The van der Waals surface area contributed by atoms with Gasteiger partial charge < -0.3 is 9.73 Å². The van der Waals surface area contributed by atoms with Gasteiger partial charge in [0.25, 0.3) is 0 Å². The van der Waals surface area contributed by atoms with Crippen molar-refractivity contribution < 1.29 is 4.42 Å². The number of furan rings is 1. The van der Waals surface area contributed by atoms with E-state index in [4.69, 9.17) is 4.42 Å². The van der Waals surface area contributed by atoms with Crippen molar-refractivity contribution in [1.82, 2.24) is 5.32 Å². The van der Waals surface area contributed by atoms with E-state index in [9.17, 15) is 0 Å². The van der Waals surface area contributed by atoms with Crippen LogP contribution < -0.4 is 5.32 Å². The summed E-state index contributed by atoms with van der Waals surface area (Å²) >= 11 is 0. The van der Waals surface area contributed by atoms with Crippen LogP contribution in [0.15, 0.2) is 53.1 Å². The van der Waals surface area contributed by atoms with Crippen molar-refractivity contribution in [2.75, 3.05) is 7.05 Å². The highest BCUT2D eigenvalue weighted by molar-refractivity contribution is 5.28.